The fourth-order valence-corrected chi connectivity index (χ4v) is 3.08. The monoisotopic (exact) mass is 328 g/mol. The molecule has 1 aliphatic rings. The predicted molar refractivity (Wildman–Crippen MR) is 89.4 cm³/mol. The molecule has 24 heavy (non-hydrogen) atoms. The molecule has 1 aliphatic heterocycles. The van der Waals surface area contributed by atoms with Gasteiger partial charge in [0, 0.05) is 11.9 Å². The van der Waals surface area contributed by atoms with Crippen molar-refractivity contribution in [1.29, 1.82) is 0 Å². The number of phenols is 1. The van der Waals surface area contributed by atoms with E-state index >= 15 is 0 Å². The molecule has 3 rings (SSSR count). The van der Waals surface area contributed by atoms with Crippen LogP contribution in [0.15, 0.2) is 36.4 Å². The second kappa shape index (κ2) is 6.88. The van der Waals surface area contributed by atoms with Gasteiger partial charge in [0.25, 0.3) is 11.8 Å². The summed E-state index contributed by atoms with van der Waals surface area (Å²) in [5.74, 6) is -0.718. The highest BCUT2D eigenvalue weighted by atomic mass is 16.6. The number of hydrogen-bond acceptors (Lipinski definition) is 4. The molecule has 0 bridgehead atoms. The summed E-state index contributed by atoms with van der Waals surface area (Å²) in [5, 5.41) is 12.0. The van der Waals surface area contributed by atoms with Gasteiger partial charge >= 0.3 is 0 Å². The number of phenolic OH excluding ortho intramolecular Hbond substituents is 1. The van der Waals surface area contributed by atoms with Crippen molar-refractivity contribution in [3.8, 4) is 5.75 Å². The summed E-state index contributed by atoms with van der Waals surface area (Å²) in [4.78, 5) is 31.4. The van der Waals surface area contributed by atoms with Crippen molar-refractivity contribution in [2.24, 2.45) is 0 Å². The van der Waals surface area contributed by atoms with Crippen molar-refractivity contribution in [2.45, 2.75) is 25.8 Å². The Hall–Kier alpha value is -2.60. The van der Waals surface area contributed by atoms with E-state index in [0.29, 0.717) is 25.0 Å². The Morgan fingerprint density at radius 1 is 1.29 bits per heavy atom. The number of amides is 2. The maximum Gasteiger partial charge on any atom is 0.266 e. The first-order valence-electron chi connectivity index (χ1n) is 8.06. The van der Waals surface area contributed by atoms with Gasteiger partial charge < -0.3 is 10.0 Å². The lowest BCUT2D eigenvalue weighted by atomic mass is 10.0. The standard InChI is InChI=1S/C18H20N2O4/c1-2-24-19-17(22)15-8-5-11-20(15)18(23)14-10-9-12-6-3-4-7-13(12)16(14)21/h3-4,6-7,9-10,15,21H,2,5,8,11H2,1H3,(H,19,22). The van der Waals surface area contributed by atoms with Gasteiger partial charge in [-0.3, -0.25) is 14.4 Å². The Bertz CT molecular complexity index is 775. The molecule has 6 heteroatoms. The molecule has 1 unspecified atom stereocenters. The van der Waals surface area contributed by atoms with Gasteiger partial charge in [-0.1, -0.05) is 30.3 Å². The quantitative estimate of drug-likeness (QED) is 0.844. The number of benzene rings is 2. The molecule has 1 saturated heterocycles. The summed E-state index contributed by atoms with van der Waals surface area (Å²) in [6, 6.07) is 10.2. The van der Waals surface area contributed by atoms with Crippen LogP contribution in [0.4, 0.5) is 0 Å². The molecule has 2 N–H and O–H groups in total. The molecule has 126 valence electrons. The van der Waals surface area contributed by atoms with E-state index in [2.05, 4.69) is 5.48 Å². The minimum atomic E-state index is -0.574. The fourth-order valence-electron chi connectivity index (χ4n) is 3.08. The average Bonchev–Trinajstić information content (AvgIpc) is 3.09. The third-order valence-electron chi connectivity index (χ3n) is 4.26. The minimum absolute atomic E-state index is 0.0473. The summed E-state index contributed by atoms with van der Waals surface area (Å²) >= 11 is 0. The molecule has 2 aromatic rings. The lowest BCUT2D eigenvalue weighted by Crippen LogP contribution is -2.45. The van der Waals surface area contributed by atoms with Crippen molar-refractivity contribution >= 4 is 22.6 Å². The number of nitrogens with one attached hydrogen (secondary N) is 1. The lowest BCUT2D eigenvalue weighted by molar-refractivity contribution is -0.137. The van der Waals surface area contributed by atoms with Crippen molar-refractivity contribution in [2.75, 3.05) is 13.2 Å². The van der Waals surface area contributed by atoms with Gasteiger partial charge in [-0.15, -0.1) is 0 Å². The number of hydroxylamine groups is 1. The highest BCUT2D eigenvalue weighted by molar-refractivity contribution is 6.05. The molecule has 1 fully saturated rings. The highest BCUT2D eigenvalue weighted by Crippen LogP contribution is 2.31. The van der Waals surface area contributed by atoms with Gasteiger partial charge in [0.15, 0.2) is 0 Å². The van der Waals surface area contributed by atoms with Crippen LogP contribution in [0, 0.1) is 0 Å². The fraction of sp³-hybridized carbons (Fsp3) is 0.333. The molecule has 0 saturated carbocycles. The zero-order chi connectivity index (χ0) is 17.1. The Balaban J connectivity index is 1.88. The number of hydrogen-bond donors (Lipinski definition) is 2. The number of aromatic hydroxyl groups is 1. The normalized spacial score (nSPS) is 17.2. The second-order valence-corrected chi connectivity index (χ2v) is 5.74. The summed E-state index contributed by atoms with van der Waals surface area (Å²) in [5.41, 5.74) is 2.57. The smallest absolute Gasteiger partial charge is 0.266 e. The van der Waals surface area contributed by atoms with E-state index in [1.54, 1.807) is 25.1 Å². The zero-order valence-corrected chi connectivity index (χ0v) is 13.5. The van der Waals surface area contributed by atoms with Gasteiger partial charge in [0.2, 0.25) is 0 Å². The van der Waals surface area contributed by atoms with Crippen LogP contribution < -0.4 is 5.48 Å². The predicted octanol–water partition coefficient (Wildman–Crippen LogP) is 2.22. The maximum absolute atomic E-state index is 12.8. The molecule has 2 amide bonds. The number of fused-ring (bicyclic) bond motifs is 1. The van der Waals surface area contributed by atoms with Crippen LogP contribution in [0.25, 0.3) is 10.8 Å². The van der Waals surface area contributed by atoms with E-state index in [-0.39, 0.29) is 23.1 Å². The Labute approximate surface area is 140 Å². The number of rotatable bonds is 4. The lowest BCUT2D eigenvalue weighted by Gasteiger charge is -2.24. The van der Waals surface area contributed by atoms with Gasteiger partial charge in [-0.25, -0.2) is 5.48 Å². The van der Waals surface area contributed by atoms with Crippen LogP contribution in [0.2, 0.25) is 0 Å². The van der Waals surface area contributed by atoms with Crippen molar-refractivity contribution in [1.82, 2.24) is 10.4 Å². The Morgan fingerprint density at radius 3 is 2.88 bits per heavy atom. The number of nitrogens with zero attached hydrogens (tertiary/aromatic N) is 1. The molecule has 1 atom stereocenters. The van der Waals surface area contributed by atoms with Crippen molar-refractivity contribution in [3.63, 3.8) is 0 Å². The van der Waals surface area contributed by atoms with E-state index in [1.807, 2.05) is 18.2 Å². The van der Waals surface area contributed by atoms with Gasteiger partial charge in [0.1, 0.15) is 11.8 Å². The maximum atomic E-state index is 12.8. The number of likely N-dealkylation sites (tertiary alicyclic amines) is 1. The summed E-state index contributed by atoms with van der Waals surface area (Å²) in [6.07, 6.45) is 1.32. The summed E-state index contributed by atoms with van der Waals surface area (Å²) in [7, 11) is 0. The molecule has 1 heterocycles. The first kappa shape index (κ1) is 16.3. The average molecular weight is 328 g/mol. The zero-order valence-electron chi connectivity index (χ0n) is 13.5. The van der Waals surface area contributed by atoms with Gasteiger partial charge in [-0.2, -0.15) is 0 Å². The van der Waals surface area contributed by atoms with Gasteiger partial charge in [0.05, 0.1) is 12.2 Å². The third-order valence-corrected chi connectivity index (χ3v) is 4.26. The molecule has 0 spiro atoms. The van der Waals surface area contributed by atoms with Crippen LogP contribution in [-0.4, -0.2) is 41.0 Å². The van der Waals surface area contributed by atoms with Crippen LogP contribution >= 0.6 is 0 Å². The summed E-state index contributed by atoms with van der Waals surface area (Å²) < 4.78 is 0. The number of carbonyl (C=O) groups is 2. The topological polar surface area (TPSA) is 78.9 Å². The van der Waals surface area contributed by atoms with E-state index in [4.69, 9.17) is 4.84 Å². The van der Waals surface area contributed by atoms with E-state index < -0.39 is 6.04 Å². The van der Waals surface area contributed by atoms with Crippen molar-refractivity contribution < 1.29 is 19.5 Å². The SMILES string of the molecule is CCONC(=O)C1CCCN1C(=O)c1ccc2ccccc2c1O. The largest absolute Gasteiger partial charge is 0.506 e. The van der Waals surface area contributed by atoms with Gasteiger partial charge in [-0.05, 0) is 31.2 Å². The molecule has 0 aromatic heterocycles. The second-order valence-electron chi connectivity index (χ2n) is 5.74. The first-order valence-corrected chi connectivity index (χ1v) is 8.06. The molecule has 0 aliphatic carbocycles. The minimum Gasteiger partial charge on any atom is -0.506 e. The van der Waals surface area contributed by atoms with Crippen LogP contribution in [0.5, 0.6) is 5.75 Å². The Morgan fingerprint density at radius 2 is 2.08 bits per heavy atom. The molecule has 2 aromatic carbocycles. The number of carbonyl (C=O) groups excluding carboxylic acids is 2. The molecule has 0 radical (unpaired) electrons. The van der Waals surface area contributed by atoms with Crippen LogP contribution in [-0.2, 0) is 9.63 Å². The van der Waals surface area contributed by atoms with Crippen LogP contribution in [0.1, 0.15) is 30.1 Å². The Kier molecular flexibility index (Phi) is 4.66. The van der Waals surface area contributed by atoms with E-state index in [0.717, 1.165) is 11.8 Å². The van der Waals surface area contributed by atoms with Crippen LogP contribution in [0.3, 0.4) is 0 Å². The summed E-state index contributed by atoms with van der Waals surface area (Å²) in [6.45, 7) is 2.61. The van der Waals surface area contributed by atoms with Crippen molar-refractivity contribution in [3.05, 3.63) is 42.0 Å². The van der Waals surface area contributed by atoms with E-state index in [9.17, 15) is 14.7 Å². The molecular weight excluding hydrogens is 308 g/mol. The third kappa shape index (κ3) is 2.92. The first-order chi connectivity index (χ1) is 11.6. The molecule has 6 nitrogen and oxygen atoms in total. The van der Waals surface area contributed by atoms with E-state index in [1.165, 1.54) is 4.90 Å². The molecular formula is C18H20N2O4. The highest BCUT2D eigenvalue weighted by Gasteiger charge is 2.35.